The number of carbonyl (C=O) groups excluding carboxylic acids is 3. The molecular weight excluding hydrogens is 865 g/mol. The Morgan fingerprint density at radius 1 is 0.286 bits per heavy atom. The summed E-state index contributed by atoms with van der Waals surface area (Å²) in [6.07, 6.45) is 71.4. The van der Waals surface area contributed by atoms with Gasteiger partial charge in [-0.1, -0.05) is 276 Å². The summed E-state index contributed by atoms with van der Waals surface area (Å²) < 4.78 is 16.9. The Morgan fingerprint density at radius 2 is 0.514 bits per heavy atom. The van der Waals surface area contributed by atoms with Gasteiger partial charge in [0.05, 0.1) is 0 Å². The van der Waals surface area contributed by atoms with Crippen LogP contribution in [0.5, 0.6) is 0 Å². The van der Waals surface area contributed by atoms with Gasteiger partial charge in [0.15, 0.2) is 6.10 Å². The van der Waals surface area contributed by atoms with Crippen LogP contribution in [0, 0.1) is 0 Å². The van der Waals surface area contributed by atoms with Gasteiger partial charge < -0.3 is 14.2 Å². The van der Waals surface area contributed by atoms with Gasteiger partial charge in [0, 0.05) is 19.3 Å². The number of allylic oxidation sites excluding steroid dienone is 6. The number of hydrogen-bond donors (Lipinski definition) is 0. The molecule has 1 atom stereocenters. The second kappa shape index (κ2) is 59.2. The highest BCUT2D eigenvalue weighted by molar-refractivity contribution is 5.71. The van der Waals surface area contributed by atoms with Crippen LogP contribution in [0.25, 0.3) is 0 Å². The van der Waals surface area contributed by atoms with Gasteiger partial charge in [-0.15, -0.1) is 0 Å². The van der Waals surface area contributed by atoms with Gasteiger partial charge in [0.25, 0.3) is 0 Å². The molecule has 0 heterocycles. The fourth-order valence-electron chi connectivity index (χ4n) is 9.18. The van der Waals surface area contributed by atoms with E-state index in [1.54, 1.807) is 0 Å². The average Bonchev–Trinajstić information content (AvgIpc) is 3.36. The van der Waals surface area contributed by atoms with E-state index in [2.05, 4.69) is 57.2 Å². The lowest BCUT2D eigenvalue weighted by atomic mass is 10.0. The van der Waals surface area contributed by atoms with Gasteiger partial charge in [0.1, 0.15) is 13.2 Å². The number of rotatable bonds is 57. The quantitative estimate of drug-likeness (QED) is 0.0261. The van der Waals surface area contributed by atoms with Crippen LogP contribution in [-0.4, -0.2) is 37.2 Å². The lowest BCUT2D eigenvalue weighted by Crippen LogP contribution is -2.30. The molecule has 0 aromatic carbocycles. The molecule has 6 nitrogen and oxygen atoms in total. The molecule has 0 N–H and O–H groups in total. The summed E-state index contributed by atoms with van der Waals surface area (Å²) in [5.41, 5.74) is 0. The molecule has 410 valence electrons. The minimum atomic E-state index is -0.778. The zero-order chi connectivity index (χ0) is 50.7. The van der Waals surface area contributed by atoms with Crippen molar-refractivity contribution in [3.05, 3.63) is 36.5 Å². The van der Waals surface area contributed by atoms with Gasteiger partial charge in [-0.05, 0) is 77.0 Å². The van der Waals surface area contributed by atoms with Gasteiger partial charge in [-0.3, -0.25) is 14.4 Å². The van der Waals surface area contributed by atoms with Crippen molar-refractivity contribution in [2.45, 2.75) is 341 Å². The molecular formula is C64H118O6. The highest BCUT2D eigenvalue weighted by Gasteiger charge is 2.19. The Morgan fingerprint density at radius 3 is 0.829 bits per heavy atom. The largest absolute Gasteiger partial charge is 0.462 e. The fraction of sp³-hybridized carbons (Fsp3) is 0.859. The number of ether oxygens (including phenoxy) is 3. The number of esters is 3. The summed E-state index contributed by atoms with van der Waals surface area (Å²) in [5.74, 6) is -0.869. The number of carbonyl (C=O) groups is 3. The van der Waals surface area contributed by atoms with Crippen LogP contribution in [0.2, 0.25) is 0 Å². The maximum atomic E-state index is 12.9. The topological polar surface area (TPSA) is 78.9 Å². The molecule has 0 aliphatic heterocycles. The normalized spacial score (nSPS) is 12.2. The smallest absolute Gasteiger partial charge is 0.306 e. The Kier molecular flexibility index (Phi) is 57.2. The van der Waals surface area contributed by atoms with Crippen molar-refractivity contribution in [1.82, 2.24) is 0 Å². The summed E-state index contributed by atoms with van der Waals surface area (Å²) in [6.45, 7) is 6.65. The van der Waals surface area contributed by atoms with Crippen LogP contribution in [0.4, 0.5) is 0 Å². The molecule has 70 heavy (non-hydrogen) atoms. The van der Waals surface area contributed by atoms with E-state index in [0.29, 0.717) is 19.3 Å². The zero-order valence-corrected chi connectivity index (χ0v) is 47.1. The molecule has 0 saturated heterocycles. The molecule has 0 saturated carbocycles. The van der Waals surface area contributed by atoms with Crippen molar-refractivity contribution in [2.75, 3.05) is 13.2 Å². The van der Waals surface area contributed by atoms with Crippen molar-refractivity contribution >= 4 is 17.9 Å². The predicted molar refractivity (Wildman–Crippen MR) is 302 cm³/mol. The second-order valence-electron chi connectivity index (χ2n) is 21.0. The highest BCUT2D eigenvalue weighted by Crippen LogP contribution is 2.17. The van der Waals surface area contributed by atoms with Gasteiger partial charge >= 0.3 is 17.9 Å². The fourth-order valence-corrected chi connectivity index (χ4v) is 9.18. The molecule has 0 rings (SSSR count). The van der Waals surface area contributed by atoms with E-state index in [1.807, 2.05) is 0 Å². The molecule has 0 fully saturated rings. The maximum Gasteiger partial charge on any atom is 0.306 e. The van der Waals surface area contributed by atoms with Crippen LogP contribution in [0.15, 0.2) is 36.5 Å². The Labute approximate surface area is 435 Å². The van der Waals surface area contributed by atoms with E-state index < -0.39 is 6.10 Å². The summed E-state index contributed by atoms with van der Waals surface area (Å²) in [6, 6.07) is 0. The molecule has 0 bridgehead atoms. The molecule has 1 unspecified atom stereocenters. The molecule has 0 amide bonds. The first-order valence-corrected chi connectivity index (χ1v) is 31.0. The molecule has 0 aliphatic rings. The zero-order valence-electron chi connectivity index (χ0n) is 47.1. The SMILES string of the molecule is CCCCC/C=C\C/C=C\CCCCCCCCCC(=O)OC(COC(=O)CCCCCCC/C=C\CCCCCCCCC)COC(=O)CCCCCCCCCCCCCCCCCCCCC. The number of hydrogen-bond acceptors (Lipinski definition) is 6. The van der Waals surface area contributed by atoms with Crippen molar-refractivity contribution in [3.63, 3.8) is 0 Å². The van der Waals surface area contributed by atoms with Crippen LogP contribution < -0.4 is 0 Å². The van der Waals surface area contributed by atoms with Crippen molar-refractivity contribution in [3.8, 4) is 0 Å². The van der Waals surface area contributed by atoms with Crippen molar-refractivity contribution < 1.29 is 28.6 Å². The maximum absolute atomic E-state index is 12.9. The third-order valence-corrected chi connectivity index (χ3v) is 13.9. The number of unbranched alkanes of at least 4 members (excludes halogenated alkanes) is 40. The first-order valence-electron chi connectivity index (χ1n) is 31.0. The molecule has 0 aromatic heterocycles. The van der Waals surface area contributed by atoms with Crippen LogP contribution >= 0.6 is 0 Å². The van der Waals surface area contributed by atoms with Crippen molar-refractivity contribution in [2.24, 2.45) is 0 Å². The van der Waals surface area contributed by atoms with E-state index in [1.165, 1.54) is 218 Å². The van der Waals surface area contributed by atoms with E-state index >= 15 is 0 Å². The van der Waals surface area contributed by atoms with Gasteiger partial charge in [0.2, 0.25) is 0 Å². The summed E-state index contributed by atoms with van der Waals surface area (Å²) >= 11 is 0. The van der Waals surface area contributed by atoms with Crippen LogP contribution in [-0.2, 0) is 28.6 Å². The third kappa shape index (κ3) is 56.5. The third-order valence-electron chi connectivity index (χ3n) is 13.9. The van der Waals surface area contributed by atoms with E-state index in [0.717, 1.165) is 77.0 Å². The second-order valence-corrected chi connectivity index (χ2v) is 21.0. The van der Waals surface area contributed by atoms with E-state index in [-0.39, 0.29) is 31.1 Å². The highest BCUT2D eigenvalue weighted by atomic mass is 16.6. The van der Waals surface area contributed by atoms with Gasteiger partial charge in [-0.2, -0.15) is 0 Å². The monoisotopic (exact) mass is 983 g/mol. The molecule has 0 aromatic rings. The predicted octanol–water partition coefficient (Wildman–Crippen LogP) is 20.8. The first kappa shape index (κ1) is 67.6. The molecule has 0 radical (unpaired) electrons. The van der Waals surface area contributed by atoms with Crippen molar-refractivity contribution in [1.29, 1.82) is 0 Å². The van der Waals surface area contributed by atoms with E-state index in [9.17, 15) is 14.4 Å². The Hall–Kier alpha value is -2.37. The van der Waals surface area contributed by atoms with Crippen LogP contribution in [0.1, 0.15) is 335 Å². The minimum absolute atomic E-state index is 0.0740. The summed E-state index contributed by atoms with van der Waals surface area (Å²) in [5, 5.41) is 0. The lowest BCUT2D eigenvalue weighted by Gasteiger charge is -2.18. The van der Waals surface area contributed by atoms with Crippen LogP contribution in [0.3, 0.4) is 0 Å². The molecule has 0 aliphatic carbocycles. The Bertz CT molecular complexity index is 1170. The summed E-state index contributed by atoms with van der Waals surface area (Å²) in [7, 11) is 0. The summed E-state index contributed by atoms with van der Waals surface area (Å²) in [4.78, 5) is 38.3. The minimum Gasteiger partial charge on any atom is -0.462 e. The molecule has 6 heteroatoms. The average molecular weight is 984 g/mol. The first-order chi connectivity index (χ1) is 34.5. The van der Waals surface area contributed by atoms with Gasteiger partial charge in [-0.25, -0.2) is 0 Å². The lowest BCUT2D eigenvalue weighted by molar-refractivity contribution is -0.167. The Balaban J connectivity index is 4.35. The standard InChI is InChI=1S/C64H118O6/c1-4-7-10-13-16-19-22-25-28-31-32-34-36-39-42-45-48-51-54-57-63(66)69-60-61(59-68-62(65)56-53-50-47-44-41-38-35-30-27-24-21-18-15-12-9-6-3)70-64(67)58-55-52-49-46-43-40-37-33-29-26-23-20-17-14-11-8-5-2/h17,20,26,29-30,35,61H,4-16,18-19,21-25,27-28,31-34,36-60H2,1-3H3/b20-17-,29-26-,35-30-. The molecule has 0 spiro atoms. The van der Waals surface area contributed by atoms with E-state index in [4.69, 9.17) is 14.2 Å².